The molecule has 2 aromatic carbocycles. The first-order chi connectivity index (χ1) is 16.6. The molecule has 2 N–H and O–H groups in total. The molecule has 5 nitrogen and oxygen atoms in total. The second-order valence-electron chi connectivity index (χ2n) is 10.7. The molecular weight excluding hydrogens is 483 g/mol. The average Bonchev–Trinajstić information content (AvgIpc) is 2.75. The van der Waals surface area contributed by atoms with Gasteiger partial charge in [-0.3, -0.25) is 4.79 Å². The van der Waals surface area contributed by atoms with Crippen LogP contribution < -0.4 is 10.1 Å². The number of piperidine rings is 1. The van der Waals surface area contributed by atoms with E-state index in [2.05, 4.69) is 24.1 Å². The van der Waals surface area contributed by atoms with Crippen molar-refractivity contribution in [3.05, 3.63) is 58.1 Å². The lowest BCUT2D eigenvalue weighted by Gasteiger charge is -2.50. The molecule has 0 bridgehead atoms. The summed E-state index contributed by atoms with van der Waals surface area (Å²) in [4.78, 5) is 14.8. The van der Waals surface area contributed by atoms with Gasteiger partial charge in [-0.25, -0.2) is 0 Å². The molecular formula is C28H36Cl2N2O3. The largest absolute Gasteiger partial charge is 0.491 e. The van der Waals surface area contributed by atoms with Crippen molar-refractivity contribution in [3.8, 4) is 5.75 Å². The number of carbonyl (C=O) groups is 1. The van der Waals surface area contributed by atoms with E-state index in [0.717, 1.165) is 57.3 Å². The highest BCUT2D eigenvalue weighted by atomic mass is 35.5. The fourth-order valence-corrected chi connectivity index (χ4v) is 5.32. The van der Waals surface area contributed by atoms with Crippen molar-refractivity contribution >= 4 is 34.8 Å². The molecule has 1 saturated heterocycles. The fourth-order valence-electron chi connectivity index (χ4n) is 5.03. The molecule has 1 aliphatic heterocycles. The summed E-state index contributed by atoms with van der Waals surface area (Å²) >= 11 is 12.2. The lowest BCUT2D eigenvalue weighted by molar-refractivity contribution is -0.122. The Hall–Kier alpha value is -1.79. The Morgan fingerprint density at radius 1 is 1.14 bits per heavy atom. The number of aliphatic hydroxyl groups is 1. The number of nitrogens with zero attached hydrogens (tertiary/aromatic N) is 1. The molecule has 2 aliphatic rings. The third kappa shape index (κ3) is 6.51. The van der Waals surface area contributed by atoms with Crippen LogP contribution in [0, 0.1) is 11.3 Å². The van der Waals surface area contributed by atoms with Crippen molar-refractivity contribution in [2.24, 2.45) is 11.3 Å². The van der Waals surface area contributed by atoms with E-state index in [4.69, 9.17) is 27.9 Å². The Balaban J connectivity index is 1.27. The van der Waals surface area contributed by atoms with Gasteiger partial charge in [0.05, 0.1) is 17.9 Å². The molecule has 2 aromatic rings. The van der Waals surface area contributed by atoms with E-state index in [-0.39, 0.29) is 17.2 Å². The van der Waals surface area contributed by atoms with Gasteiger partial charge in [-0.1, -0.05) is 55.6 Å². The molecule has 0 spiro atoms. The number of anilines is 1. The predicted octanol–water partition coefficient (Wildman–Crippen LogP) is 6.21. The van der Waals surface area contributed by atoms with Gasteiger partial charge < -0.3 is 20.1 Å². The maximum absolute atomic E-state index is 12.4. The zero-order valence-corrected chi connectivity index (χ0v) is 22.2. The summed E-state index contributed by atoms with van der Waals surface area (Å²) in [6, 6.07) is 13.1. The summed E-state index contributed by atoms with van der Waals surface area (Å²) < 4.78 is 6.04. The Kier molecular flexibility index (Phi) is 8.32. The van der Waals surface area contributed by atoms with E-state index in [1.54, 1.807) is 12.1 Å². The molecule has 1 saturated carbocycles. The van der Waals surface area contributed by atoms with Crippen molar-refractivity contribution in [3.63, 3.8) is 0 Å². The standard InChI is InChI=1S/C28H36Cl2N2O3/c1-27(2)19-32(15-13-28(27,34)18-20-7-9-22(29)10-8-20)14-4-16-35-25-12-11-23(30)17-24(25)31-26(33)21-5-3-6-21/h7-12,17,21,34H,3-6,13-16,18-19H2,1-2H3,(H,31,33). The first-order valence-corrected chi connectivity index (χ1v) is 13.3. The Morgan fingerprint density at radius 3 is 2.51 bits per heavy atom. The highest BCUT2D eigenvalue weighted by Crippen LogP contribution is 2.41. The van der Waals surface area contributed by atoms with Crippen LogP contribution in [0.1, 0.15) is 51.5 Å². The van der Waals surface area contributed by atoms with Gasteiger partial charge in [-0.15, -0.1) is 0 Å². The van der Waals surface area contributed by atoms with Gasteiger partial charge in [0.15, 0.2) is 0 Å². The second kappa shape index (κ2) is 11.1. The quantitative estimate of drug-likeness (QED) is 0.387. The third-order valence-electron chi connectivity index (χ3n) is 7.68. The number of benzene rings is 2. The summed E-state index contributed by atoms with van der Waals surface area (Å²) in [5.74, 6) is 0.797. The smallest absolute Gasteiger partial charge is 0.227 e. The molecule has 1 unspecified atom stereocenters. The number of carbonyl (C=O) groups excluding carboxylic acids is 1. The normalized spacial score (nSPS) is 22.4. The zero-order valence-electron chi connectivity index (χ0n) is 20.7. The molecule has 1 aliphatic carbocycles. The van der Waals surface area contributed by atoms with Crippen molar-refractivity contribution in [2.45, 2.75) is 58.0 Å². The van der Waals surface area contributed by atoms with Crippen molar-refractivity contribution in [1.29, 1.82) is 0 Å². The van der Waals surface area contributed by atoms with Gasteiger partial charge in [0.1, 0.15) is 5.75 Å². The van der Waals surface area contributed by atoms with Crippen LogP contribution in [0.2, 0.25) is 10.0 Å². The minimum atomic E-state index is -0.759. The minimum Gasteiger partial charge on any atom is -0.491 e. The molecule has 7 heteroatoms. The monoisotopic (exact) mass is 518 g/mol. The number of rotatable bonds is 9. The van der Waals surface area contributed by atoms with Crippen molar-refractivity contribution in [2.75, 3.05) is 31.6 Å². The van der Waals surface area contributed by atoms with E-state index in [9.17, 15) is 9.90 Å². The summed E-state index contributed by atoms with van der Waals surface area (Å²) in [5, 5.41) is 15.8. The summed E-state index contributed by atoms with van der Waals surface area (Å²) in [5.41, 5.74) is 0.738. The Labute approximate surface area is 218 Å². The highest BCUT2D eigenvalue weighted by Gasteiger charge is 2.47. The number of hydrogen-bond donors (Lipinski definition) is 2. The predicted molar refractivity (Wildman–Crippen MR) is 142 cm³/mol. The summed E-state index contributed by atoms with van der Waals surface area (Å²) in [7, 11) is 0. The van der Waals surface area contributed by atoms with Gasteiger partial charge in [-0.2, -0.15) is 0 Å². The number of ether oxygens (including phenoxy) is 1. The second-order valence-corrected chi connectivity index (χ2v) is 11.6. The lowest BCUT2D eigenvalue weighted by Crippen LogP contribution is -2.58. The van der Waals surface area contributed by atoms with Crippen LogP contribution in [0.5, 0.6) is 5.75 Å². The fraction of sp³-hybridized carbons (Fsp3) is 0.536. The van der Waals surface area contributed by atoms with Gasteiger partial charge in [0, 0.05) is 47.4 Å². The van der Waals surface area contributed by atoms with Gasteiger partial charge in [0.2, 0.25) is 5.91 Å². The van der Waals surface area contributed by atoms with Crippen LogP contribution in [-0.2, 0) is 11.2 Å². The van der Waals surface area contributed by atoms with E-state index >= 15 is 0 Å². The van der Waals surface area contributed by atoms with Crippen molar-refractivity contribution in [1.82, 2.24) is 4.90 Å². The van der Waals surface area contributed by atoms with Crippen LogP contribution in [0.3, 0.4) is 0 Å². The maximum atomic E-state index is 12.4. The first-order valence-electron chi connectivity index (χ1n) is 12.6. The summed E-state index contributed by atoms with van der Waals surface area (Å²) in [6.45, 7) is 7.39. The number of nitrogens with one attached hydrogen (secondary N) is 1. The molecule has 4 rings (SSSR count). The molecule has 190 valence electrons. The summed E-state index contributed by atoms with van der Waals surface area (Å²) in [6.07, 6.45) is 5.21. The van der Waals surface area contributed by atoms with Crippen molar-refractivity contribution < 1.29 is 14.6 Å². The number of likely N-dealkylation sites (tertiary alicyclic amines) is 1. The van der Waals surface area contributed by atoms with Crippen LogP contribution in [0.25, 0.3) is 0 Å². The van der Waals surface area contributed by atoms with Gasteiger partial charge >= 0.3 is 0 Å². The van der Waals surface area contributed by atoms with Gasteiger partial charge in [-0.05, 0) is 61.6 Å². The van der Waals surface area contributed by atoms with E-state index < -0.39 is 5.60 Å². The maximum Gasteiger partial charge on any atom is 0.227 e. The first kappa shape index (κ1) is 26.3. The number of hydrogen-bond acceptors (Lipinski definition) is 4. The van der Waals surface area contributed by atoms with Crippen LogP contribution in [-0.4, -0.2) is 47.8 Å². The molecule has 35 heavy (non-hydrogen) atoms. The van der Waals surface area contributed by atoms with E-state index in [1.165, 1.54) is 0 Å². The Morgan fingerprint density at radius 2 is 1.86 bits per heavy atom. The zero-order chi connectivity index (χ0) is 25.1. The van der Waals surface area contributed by atoms with Crippen LogP contribution >= 0.6 is 23.2 Å². The SMILES string of the molecule is CC1(C)CN(CCCOc2ccc(Cl)cc2NC(=O)C2CCC2)CCC1(O)Cc1ccc(Cl)cc1. The molecule has 2 fully saturated rings. The highest BCUT2D eigenvalue weighted by molar-refractivity contribution is 6.31. The minimum absolute atomic E-state index is 0.0463. The number of halogens is 2. The van der Waals surface area contributed by atoms with Crippen LogP contribution in [0.4, 0.5) is 5.69 Å². The molecule has 1 heterocycles. The van der Waals surface area contributed by atoms with E-state index in [1.807, 2.05) is 30.3 Å². The topological polar surface area (TPSA) is 61.8 Å². The molecule has 1 atom stereocenters. The molecule has 0 aromatic heterocycles. The number of amides is 1. The van der Waals surface area contributed by atoms with Gasteiger partial charge in [0.25, 0.3) is 0 Å². The van der Waals surface area contributed by atoms with Crippen LogP contribution in [0.15, 0.2) is 42.5 Å². The molecule has 0 radical (unpaired) electrons. The average molecular weight is 520 g/mol. The van der Waals surface area contributed by atoms with E-state index in [0.29, 0.717) is 34.5 Å². The Bertz CT molecular complexity index is 1020. The molecule has 1 amide bonds. The lowest BCUT2D eigenvalue weighted by atomic mass is 9.67. The third-order valence-corrected chi connectivity index (χ3v) is 8.17.